The van der Waals surface area contributed by atoms with Gasteiger partial charge in [-0.25, -0.2) is 14.4 Å². The van der Waals surface area contributed by atoms with E-state index in [4.69, 9.17) is 9.47 Å². The lowest BCUT2D eigenvalue weighted by atomic mass is 9.81. The zero-order valence-corrected chi connectivity index (χ0v) is 23.1. The van der Waals surface area contributed by atoms with Crippen LogP contribution >= 0.6 is 0 Å². The summed E-state index contributed by atoms with van der Waals surface area (Å²) in [7, 11) is 1.53. The summed E-state index contributed by atoms with van der Waals surface area (Å²) in [6.07, 6.45) is 4.21. The molecule has 0 aromatic carbocycles. The third kappa shape index (κ3) is 5.15. The van der Waals surface area contributed by atoms with Crippen molar-refractivity contribution >= 4 is 17.5 Å². The number of carbonyl (C=O) groups is 1. The Kier molecular flexibility index (Phi) is 7.70. The fourth-order valence-corrected chi connectivity index (χ4v) is 6.26. The molecule has 11 heteroatoms. The van der Waals surface area contributed by atoms with Gasteiger partial charge in [-0.05, 0) is 51.9 Å². The summed E-state index contributed by atoms with van der Waals surface area (Å²) < 4.78 is 25.1. The number of hydrogen-bond acceptors (Lipinski definition) is 8. The summed E-state index contributed by atoms with van der Waals surface area (Å²) >= 11 is 0. The number of halogens is 1. The molecule has 2 saturated heterocycles. The van der Waals surface area contributed by atoms with Gasteiger partial charge >= 0.3 is 0 Å². The fraction of sp³-hybridized carbons (Fsp3) is 0.704. The number of aromatic nitrogens is 4. The van der Waals surface area contributed by atoms with Gasteiger partial charge in [-0.3, -0.25) is 9.89 Å². The number of carbonyl (C=O) groups excluding carboxylic acids is 1. The van der Waals surface area contributed by atoms with Gasteiger partial charge in [-0.2, -0.15) is 5.10 Å². The molecule has 5 rings (SSSR count). The topological polar surface area (TPSA) is 108 Å². The zero-order valence-electron chi connectivity index (χ0n) is 23.1. The largest absolute Gasteiger partial charge is 0.381 e. The van der Waals surface area contributed by atoms with Crippen LogP contribution in [0.3, 0.4) is 0 Å². The van der Waals surface area contributed by atoms with Crippen molar-refractivity contribution in [3.05, 3.63) is 29.1 Å². The predicted molar refractivity (Wildman–Crippen MR) is 140 cm³/mol. The number of anilines is 2. The SMILES string of the molecule is COCc1ncc(F)c(Nc2n[nH]c3c2CN(C(=O)C2C[C@@H](C)N(CC4CCOCC4)C[C@@H]2C)C3(C)C)n1. The van der Waals surface area contributed by atoms with Crippen molar-refractivity contribution in [3.63, 3.8) is 0 Å². The average Bonchev–Trinajstić information content (AvgIpc) is 3.41. The molecule has 0 saturated carbocycles. The Bertz CT molecular complexity index is 1150. The molecule has 3 aliphatic rings. The molecule has 1 amide bonds. The van der Waals surface area contributed by atoms with Crippen molar-refractivity contribution in [2.75, 3.05) is 38.7 Å². The number of ether oxygens (including phenoxy) is 2. The Labute approximate surface area is 223 Å². The molecule has 2 N–H and O–H groups in total. The first-order chi connectivity index (χ1) is 18.2. The Morgan fingerprint density at radius 1 is 1.29 bits per heavy atom. The fourth-order valence-electron chi connectivity index (χ4n) is 6.26. The molecule has 2 aromatic rings. The van der Waals surface area contributed by atoms with Crippen LogP contribution in [0.4, 0.5) is 16.0 Å². The Balaban J connectivity index is 1.29. The van der Waals surface area contributed by atoms with Crippen LogP contribution in [0.25, 0.3) is 0 Å². The summed E-state index contributed by atoms with van der Waals surface area (Å²) in [5, 5.41) is 10.5. The standard InChI is InChI=1S/C27H40FN7O3/c1-16-12-34(13-18-6-8-38-9-7-18)17(2)10-19(16)26(36)35-14-20-23(27(35,3)4)32-33-24(20)31-25-21(28)11-29-22(30-25)15-37-5/h11,16-19H,6-10,12-15H2,1-5H3,(H2,29,30,31,32,33)/t16-,17+,19?/m0/s1. The number of methoxy groups -OCH3 is 1. The first-order valence-electron chi connectivity index (χ1n) is 13.7. The second kappa shape index (κ2) is 10.9. The van der Waals surface area contributed by atoms with Crippen molar-refractivity contribution in [2.24, 2.45) is 17.8 Å². The maximum absolute atomic E-state index is 14.5. The van der Waals surface area contributed by atoms with E-state index >= 15 is 0 Å². The van der Waals surface area contributed by atoms with Gasteiger partial charge in [0.2, 0.25) is 5.91 Å². The van der Waals surface area contributed by atoms with E-state index in [0.717, 1.165) is 63.0 Å². The number of rotatable bonds is 7. The van der Waals surface area contributed by atoms with Crippen molar-refractivity contribution < 1.29 is 18.7 Å². The quantitative estimate of drug-likeness (QED) is 0.560. The molecule has 3 atom stereocenters. The second-order valence-electron chi connectivity index (χ2n) is 11.6. The highest BCUT2D eigenvalue weighted by molar-refractivity contribution is 5.82. The van der Waals surface area contributed by atoms with E-state index in [1.165, 1.54) is 7.11 Å². The first kappa shape index (κ1) is 27.0. The molecule has 208 valence electrons. The van der Waals surface area contributed by atoms with Crippen LogP contribution in [0.1, 0.15) is 64.0 Å². The monoisotopic (exact) mass is 529 g/mol. The molecule has 0 aliphatic carbocycles. The minimum Gasteiger partial charge on any atom is -0.381 e. The van der Waals surface area contributed by atoms with Crippen molar-refractivity contribution in [3.8, 4) is 0 Å². The van der Waals surface area contributed by atoms with Crippen LogP contribution in [0, 0.1) is 23.6 Å². The van der Waals surface area contributed by atoms with E-state index in [2.05, 4.69) is 44.2 Å². The molecule has 5 heterocycles. The molecule has 38 heavy (non-hydrogen) atoms. The van der Waals surface area contributed by atoms with E-state index < -0.39 is 11.4 Å². The highest BCUT2D eigenvalue weighted by Gasteiger charge is 2.47. The number of likely N-dealkylation sites (tertiary alicyclic amines) is 1. The van der Waals surface area contributed by atoms with Gasteiger partial charge in [-0.15, -0.1) is 0 Å². The maximum Gasteiger partial charge on any atom is 0.227 e. The van der Waals surface area contributed by atoms with Crippen LogP contribution in [0.5, 0.6) is 0 Å². The van der Waals surface area contributed by atoms with Crippen molar-refractivity contribution in [1.29, 1.82) is 0 Å². The van der Waals surface area contributed by atoms with Gasteiger partial charge in [0.25, 0.3) is 0 Å². The predicted octanol–water partition coefficient (Wildman–Crippen LogP) is 3.58. The number of piperidine rings is 1. The minimum absolute atomic E-state index is 0.0308. The average molecular weight is 530 g/mol. The van der Waals surface area contributed by atoms with E-state index in [9.17, 15) is 9.18 Å². The lowest BCUT2D eigenvalue weighted by molar-refractivity contribution is -0.146. The van der Waals surface area contributed by atoms with Crippen LogP contribution in [-0.4, -0.2) is 75.3 Å². The Hall–Kier alpha value is -2.63. The zero-order chi connectivity index (χ0) is 27.0. The normalized spacial score (nSPS) is 25.9. The minimum atomic E-state index is -0.581. The van der Waals surface area contributed by atoms with Gasteiger partial charge < -0.3 is 24.6 Å². The van der Waals surface area contributed by atoms with E-state index in [1.807, 2.05) is 18.7 Å². The number of nitrogens with zero attached hydrogens (tertiary/aromatic N) is 5. The number of hydrogen-bond donors (Lipinski definition) is 2. The van der Waals surface area contributed by atoms with E-state index in [-0.39, 0.29) is 30.2 Å². The third-order valence-electron chi connectivity index (χ3n) is 8.62. The van der Waals surface area contributed by atoms with Gasteiger partial charge in [0.05, 0.1) is 24.0 Å². The summed E-state index contributed by atoms with van der Waals surface area (Å²) in [4.78, 5) is 26.7. The van der Waals surface area contributed by atoms with Crippen LogP contribution < -0.4 is 5.32 Å². The third-order valence-corrected chi connectivity index (χ3v) is 8.62. The molecule has 0 spiro atoms. The molecular formula is C27H40FN7O3. The first-order valence-corrected chi connectivity index (χ1v) is 13.7. The Morgan fingerprint density at radius 2 is 2.05 bits per heavy atom. The number of H-pyrrole nitrogens is 1. The van der Waals surface area contributed by atoms with Crippen LogP contribution in [-0.2, 0) is 33.0 Å². The lowest BCUT2D eigenvalue weighted by Gasteiger charge is -2.45. The summed E-state index contributed by atoms with van der Waals surface area (Å²) in [6, 6.07) is 0.354. The van der Waals surface area contributed by atoms with Crippen molar-refractivity contribution in [1.82, 2.24) is 30.0 Å². The summed E-state index contributed by atoms with van der Waals surface area (Å²) in [6.45, 7) is 12.8. The molecule has 2 aromatic heterocycles. The van der Waals surface area contributed by atoms with Crippen LogP contribution in [0.2, 0.25) is 0 Å². The molecule has 10 nitrogen and oxygen atoms in total. The number of aromatic amines is 1. The van der Waals surface area contributed by atoms with Crippen molar-refractivity contribution in [2.45, 2.75) is 71.7 Å². The molecule has 2 fully saturated rings. The van der Waals surface area contributed by atoms with E-state index in [0.29, 0.717) is 30.1 Å². The number of amides is 1. The second-order valence-corrected chi connectivity index (χ2v) is 11.6. The number of fused-ring (bicyclic) bond motifs is 1. The highest BCUT2D eigenvalue weighted by Crippen LogP contribution is 2.43. The molecule has 0 radical (unpaired) electrons. The molecular weight excluding hydrogens is 489 g/mol. The Morgan fingerprint density at radius 3 is 2.79 bits per heavy atom. The van der Waals surface area contributed by atoms with Gasteiger partial charge in [-0.1, -0.05) is 6.92 Å². The highest BCUT2D eigenvalue weighted by atomic mass is 19.1. The summed E-state index contributed by atoms with van der Waals surface area (Å²) in [5.74, 6) is 1.36. The van der Waals surface area contributed by atoms with Gasteiger partial charge in [0.15, 0.2) is 23.3 Å². The van der Waals surface area contributed by atoms with Gasteiger partial charge in [0.1, 0.15) is 6.61 Å². The van der Waals surface area contributed by atoms with E-state index in [1.54, 1.807) is 0 Å². The maximum atomic E-state index is 14.5. The van der Waals surface area contributed by atoms with Gasteiger partial charge in [0, 0.05) is 50.9 Å². The summed E-state index contributed by atoms with van der Waals surface area (Å²) in [5.41, 5.74) is 1.15. The smallest absolute Gasteiger partial charge is 0.227 e. The number of nitrogens with one attached hydrogen (secondary N) is 2. The lowest BCUT2D eigenvalue weighted by Crippen LogP contribution is -2.53. The van der Waals surface area contributed by atoms with Crippen LogP contribution in [0.15, 0.2) is 6.20 Å². The molecule has 0 bridgehead atoms. The molecule has 1 unspecified atom stereocenters. The molecule has 3 aliphatic heterocycles.